The fourth-order valence-electron chi connectivity index (χ4n) is 1.72. The molecule has 2 heterocycles. The van der Waals surface area contributed by atoms with E-state index in [0.29, 0.717) is 0 Å². The summed E-state index contributed by atoms with van der Waals surface area (Å²) in [4.78, 5) is 7.83. The Morgan fingerprint density at radius 3 is 2.83 bits per heavy atom. The zero-order valence-electron chi connectivity index (χ0n) is 10.2. The number of aryl methyl sites for hydroxylation is 1. The van der Waals surface area contributed by atoms with Gasteiger partial charge in [0.1, 0.15) is 11.6 Å². The summed E-state index contributed by atoms with van der Waals surface area (Å²) >= 11 is 1.63. The third-order valence-corrected chi connectivity index (χ3v) is 3.86. The van der Waals surface area contributed by atoms with Gasteiger partial charge >= 0.3 is 0 Å². The number of hydrogen-bond donors (Lipinski definition) is 1. The smallest absolute Gasteiger partial charge is 0.191 e. The van der Waals surface area contributed by atoms with E-state index in [1.807, 2.05) is 42.8 Å². The van der Waals surface area contributed by atoms with Gasteiger partial charge in [0, 0.05) is 7.05 Å². The van der Waals surface area contributed by atoms with E-state index in [0.717, 1.165) is 33.6 Å². The number of benzene rings is 1. The van der Waals surface area contributed by atoms with E-state index >= 15 is 0 Å². The molecule has 0 amide bonds. The van der Waals surface area contributed by atoms with Gasteiger partial charge in [-0.1, -0.05) is 23.9 Å². The van der Waals surface area contributed by atoms with Crippen LogP contribution >= 0.6 is 11.8 Å². The predicted molar refractivity (Wildman–Crippen MR) is 71.4 cm³/mol. The van der Waals surface area contributed by atoms with Crippen LogP contribution in [-0.2, 0) is 12.8 Å². The van der Waals surface area contributed by atoms with Crippen LogP contribution in [-0.4, -0.2) is 24.7 Å². The number of hydrogen-bond acceptors (Lipinski definition) is 4. The molecule has 92 valence electrons. The molecular formula is C12H13N5S. The van der Waals surface area contributed by atoms with E-state index in [1.165, 1.54) is 0 Å². The van der Waals surface area contributed by atoms with Crippen molar-refractivity contribution in [3.05, 3.63) is 35.9 Å². The third kappa shape index (κ3) is 1.99. The Kier molecular flexibility index (Phi) is 2.79. The lowest BCUT2D eigenvalue weighted by Crippen LogP contribution is -1.94. The second kappa shape index (κ2) is 4.45. The maximum absolute atomic E-state index is 4.53. The van der Waals surface area contributed by atoms with Crippen LogP contribution in [0.4, 0.5) is 0 Å². The first-order chi connectivity index (χ1) is 8.74. The number of nitrogens with zero attached hydrogens (tertiary/aromatic N) is 4. The van der Waals surface area contributed by atoms with Crippen LogP contribution in [0.15, 0.2) is 29.4 Å². The Morgan fingerprint density at radius 2 is 2.11 bits per heavy atom. The molecule has 5 nitrogen and oxygen atoms in total. The molecule has 0 fully saturated rings. The summed E-state index contributed by atoms with van der Waals surface area (Å²) in [5.41, 5.74) is 2.07. The Hall–Kier alpha value is -1.82. The van der Waals surface area contributed by atoms with Crippen LogP contribution in [0.2, 0.25) is 0 Å². The normalized spacial score (nSPS) is 11.2. The maximum Gasteiger partial charge on any atom is 0.191 e. The quantitative estimate of drug-likeness (QED) is 0.733. The molecule has 0 bridgehead atoms. The van der Waals surface area contributed by atoms with Crippen LogP contribution < -0.4 is 0 Å². The largest absolute Gasteiger partial charge is 0.341 e. The summed E-state index contributed by atoms with van der Waals surface area (Å²) in [7, 11) is 1.97. The monoisotopic (exact) mass is 259 g/mol. The number of aromatic nitrogens is 5. The molecular weight excluding hydrogens is 246 g/mol. The highest BCUT2D eigenvalue weighted by atomic mass is 32.2. The first-order valence-electron chi connectivity index (χ1n) is 5.66. The highest BCUT2D eigenvalue weighted by molar-refractivity contribution is 7.98. The van der Waals surface area contributed by atoms with Crippen molar-refractivity contribution in [3.8, 4) is 0 Å². The van der Waals surface area contributed by atoms with Gasteiger partial charge in [0.2, 0.25) is 0 Å². The lowest BCUT2D eigenvalue weighted by Gasteiger charge is -1.98. The number of rotatable bonds is 3. The van der Waals surface area contributed by atoms with Crippen molar-refractivity contribution in [2.75, 3.05) is 0 Å². The van der Waals surface area contributed by atoms with E-state index in [9.17, 15) is 0 Å². The minimum atomic E-state index is 0.765. The molecule has 0 saturated heterocycles. The lowest BCUT2D eigenvalue weighted by atomic mass is 10.3. The summed E-state index contributed by atoms with van der Waals surface area (Å²) in [6.07, 6.45) is 0. The number of aromatic amines is 1. The van der Waals surface area contributed by atoms with Crippen molar-refractivity contribution in [1.82, 2.24) is 24.7 Å². The molecule has 0 aliphatic heterocycles. The average molecular weight is 259 g/mol. The van der Waals surface area contributed by atoms with Crippen molar-refractivity contribution in [2.24, 2.45) is 7.05 Å². The van der Waals surface area contributed by atoms with Crippen molar-refractivity contribution in [1.29, 1.82) is 0 Å². The van der Waals surface area contributed by atoms with Crippen molar-refractivity contribution in [3.63, 3.8) is 0 Å². The molecule has 0 aliphatic rings. The second-order valence-electron chi connectivity index (χ2n) is 4.08. The molecule has 0 unspecified atom stereocenters. The van der Waals surface area contributed by atoms with Crippen LogP contribution in [0.3, 0.4) is 0 Å². The minimum absolute atomic E-state index is 0.765. The van der Waals surface area contributed by atoms with E-state index in [-0.39, 0.29) is 0 Å². The first kappa shape index (κ1) is 11.3. The summed E-state index contributed by atoms with van der Waals surface area (Å²) in [5, 5.41) is 9.06. The number of nitrogens with one attached hydrogen (secondary N) is 1. The molecule has 18 heavy (non-hydrogen) atoms. The molecule has 1 N–H and O–H groups in total. The predicted octanol–water partition coefficient (Wildman–Crippen LogP) is 2.29. The van der Waals surface area contributed by atoms with Gasteiger partial charge in [-0.3, -0.25) is 0 Å². The highest BCUT2D eigenvalue weighted by Gasteiger charge is 2.08. The van der Waals surface area contributed by atoms with Gasteiger partial charge in [0.05, 0.1) is 16.8 Å². The number of para-hydroxylation sites is 2. The third-order valence-electron chi connectivity index (χ3n) is 2.83. The Bertz CT molecular complexity index is 652. The SMILES string of the molecule is Cc1nnc(SCc2nc3ccccc3[nH]2)n1C. The van der Waals surface area contributed by atoms with Gasteiger partial charge in [0.25, 0.3) is 0 Å². The molecule has 3 aromatic rings. The summed E-state index contributed by atoms with van der Waals surface area (Å²) in [6, 6.07) is 8.03. The molecule has 1 aromatic carbocycles. The summed E-state index contributed by atoms with van der Waals surface area (Å²) in [5.74, 6) is 2.64. The van der Waals surface area contributed by atoms with Gasteiger partial charge in [-0.25, -0.2) is 4.98 Å². The fraction of sp³-hybridized carbons (Fsp3) is 0.250. The van der Waals surface area contributed by atoms with E-state index in [2.05, 4.69) is 20.2 Å². The fourth-order valence-corrected chi connectivity index (χ4v) is 2.55. The van der Waals surface area contributed by atoms with Crippen molar-refractivity contribution in [2.45, 2.75) is 17.8 Å². The average Bonchev–Trinajstić information content (AvgIpc) is 2.92. The Labute approximate surface area is 109 Å². The molecule has 0 radical (unpaired) electrons. The van der Waals surface area contributed by atoms with Gasteiger partial charge in [0.15, 0.2) is 5.16 Å². The van der Waals surface area contributed by atoms with Crippen LogP contribution in [0, 0.1) is 6.92 Å². The zero-order chi connectivity index (χ0) is 12.5. The van der Waals surface area contributed by atoms with Crippen LogP contribution in [0.1, 0.15) is 11.6 Å². The molecule has 6 heteroatoms. The maximum atomic E-state index is 4.53. The van der Waals surface area contributed by atoms with Gasteiger partial charge < -0.3 is 9.55 Å². The molecule has 3 rings (SSSR count). The molecule has 0 atom stereocenters. The number of imidazole rings is 1. The van der Waals surface area contributed by atoms with E-state index in [1.54, 1.807) is 11.8 Å². The van der Waals surface area contributed by atoms with Crippen LogP contribution in [0.5, 0.6) is 0 Å². The van der Waals surface area contributed by atoms with Crippen molar-refractivity contribution < 1.29 is 0 Å². The Balaban J connectivity index is 1.79. The summed E-state index contributed by atoms with van der Waals surface area (Å²) in [6.45, 7) is 1.94. The lowest BCUT2D eigenvalue weighted by molar-refractivity contribution is 0.765. The molecule has 0 spiro atoms. The van der Waals surface area contributed by atoms with Crippen LogP contribution in [0.25, 0.3) is 11.0 Å². The first-order valence-corrected chi connectivity index (χ1v) is 6.65. The number of fused-ring (bicyclic) bond motifs is 1. The van der Waals surface area contributed by atoms with Crippen molar-refractivity contribution >= 4 is 22.8 Å². The number of thioether (sulfide) groups is 1. The molecule has 0 aliphatic carbocycles. The highest BCUT2D eigenvalue weighted by Crippen LogP contribution is 2.21. The topological polar surface area (TPSA) is 59.4 Å². The minimum Gasteiger partial charge on any atom is -0.341 e. The standard InChI is InChI=1S/C12H13N5S/c1-8-15-16-12(17(8)2)18-7-11-13-9-5-3-4-6-10(9)14-11/h3-6H,7H2,1-2H3,(H,13,14). The van der Waals surface area contributed by atoms with Gasteiger partial charge in [-0.15, -0.1) is 10.2 Å². The number of H-pyrrole nitrogens is 1. The Morgan fingerprint density at radius 1 is 1.28 bits per heavy atom. The zero-order valence-corrected chi connectivity index (χ0v) is 11.0. The summed E-state index contributed by atoms with van der Waals surface area (Å²) < 4.78 is 1.98. The van der Waals surface area contributed by atoms with E-state index in [4.69, 9.17) is 0 Å². The van der Waals surface area contributed by atoms with Gasteiger partial charge in [-0.05, 0) is 19.1 Å². The van der Waals surface area contributed by atoms with Gasteiger partial charge in [-0.2, -0.15) is 0 Å². The van der Waals surface area contributed by atoms with E-state index < -0.39 is 0 Å². The molecule has 0 saturated carbocycles. The molecule has 2 aromatic heterocycles. The second-order valence-corrected chi connectivity index (χ2v) is 5.02.